The highest BCUT2D eigenvalue weighted by Crippen LogP contribution is 2.34. The number of furan rings is 1. The van der Waals surface area contributed by atoms with Crippen LogP contribution in [0.15, 0.2) is 59.0 Å². The Labute approximate surface area is 148 Å². The smallest absolute Gasteiger partial charge is 0.339 e. The van der Waals surface area contributed by atoms with E-state index >= 15 is 0 Å². The Balaban J connectivity index is 1.68. The van der Waals surface area contributed by atoms with Crippen LogP contribution in [-0.2, 0) is 4.79 Å². The first-order chi connectivity index (χ1) is 12.5. The maximum absolute atomic E-state index is 12.1. The van der Waals surface area contributed by atoms with E-state index in [1.54, 1.807) is 24.3 Å². The predicted octanol–water partition coefficient (Wildman–Crippen LogP) is 3.84. The molecule has 1 aliphatic heterocycles. The topological polar surface area (TPSA) is 99.8 Å². The lowest BCUT2D eigenvalue weighted by Gasteiger charge is -2.02. The van der Waals surface area contributed by atoms with Gasteiger partial charge in [-0.05, 0) is 36.4 Å². The Morgan fingerprint density at radius 2 is 1.88 bits per heavy atom. The van der Waals surface area contributed by atoms with Crippen LogP contribution in [0.4, 0.5) is 5.69 Å². The number of hydrogen-bond donors (Lipinski definition) is 3. The minimum Gasteiger partial charge on any atom is -0.507 e. The van der Waals surface area contributed by atoms with E-state index in [9.17, 15) is 14.7 Å². The minimum absolute atomic E-state index is 0.179. The lowest BCUT2D eigenvalue weighted by atomic mass is 10.1. The van der Waals surface area contributed by atoms with Gasteiger partial charge in [0.15, 0.2) is 0 Å². The summed E-state index contributed by atoms with van der Waals surface area (Å²) >= 11 is 0. The third-order valence-corrected chi connectivity index (χ3v) is 4.14. The van der Waals surface area contributed by atoms with Crippen molar-refractivity contribution in [3.05, 3.63) is 71.5 Å². The fourth-order valence-electron chi connectivity index (χ4n) is 2.88. The Morgan fingerprint density at radius 1 is 1.08 bits per heavy atom. The number of anilines is 1. The molecule has 26 heavy (non-hydrogen) atoms. The first kappa shape index (κ1) is 15.7. The molecular formula is C20H13NO5. The van der Waals surface area contributed by atoms with E-state index in [0.29, 0.717) is 22.7 Å². The molecular weight excluding hydrogens is 334 g/mol. The maximum atomic E-state index is 12.1. The van der Waals surface area contributed by atoms with E-state index in [2.05, 4.69) is 5.32 Å². The summed E-state index contributed by atoms with van der Waals surface area (Å²) in [4.78, 5) is 23.1. The van der Waals surface area contributed by atoms with Gasteiger partial charge in [-0.3, -0.25) is 4.79 Å². The molecule has 1 aromatic heterocycles. The Kier molecular flexibility index (Phi) is 3.58. The van der Waals surface area contributed by atoms with Crippen molar-refractivity contribution in [2.75, 3.05) is 5.32 Å². The van der Waals surface area contributed by atoms with Crippen molar-refractivity contribution in [1.82, 2.24) is 0 Å². The number of carbonyl (C=O) groups excluding carboxylic acids is 1. The lowest BCUT2D eigenvalue weighted by molar-refractivity contribution is -0.110. The van der Waals surface area contributed by atoms with Crippen molar-refractivity contribution in [2.45, 2.75) is 0 Å². The highest BCUT2D eigenvalue weighted by Gasteiger charge is 2.23. The molecule has 0 bridgehead atoms. The monoisotopic (exact) mass is 347 g/mol. The highest BCUT2D eigenvalue weighted by molar-refractivity contribution is 6.34. The molecule has 2 aromatic carbocycles. The molecule has 128 valence electrons. The molecule has 2 heterocycles. The van der Waals surface area contributed by atoms with Crippen molar-refractivity contribution in [3.8, 4) is 17.1 Å². The first-order valence-electron chi connectivity index (χ1n) is 7.82. The summed E-state index contributed by atoms with van der Waals surface area (Å²) in [6.07, 6.45) is 1.65. The standard InChI is InChI=1S/C20H13NO5/c22-17-9-11(5-7-14(17)20(24)25)18-8-6-12(26-18)10-15-13-3-1-2-4-16(13)21-19(15)23/h1-10,22H,(H,21,23)(H,24,25)/b15-10+. The summed E-state index contributed by atoms with van der Waals surface area (Å²) in [6, 6.07) is 15.0. The van der Waals surface area contributed by atoms with Gasteiger partial charge in [-0.15, -0.1) is 0 Å². The largest absolute Gasteiger partial charge is 0.507 e. The summed E-state index contributed by atoms with van der Waals surface area (Å²) in [5.74, 6) is -0.813. The summed E-state index contributed by atoms with van der Waals surface area (Å²) in [5, 5.41) is 21.6. The molecule has 1 aliphatic rings. The molecule has 0 atom stereocenters. The lowest BCUT2D eigenvalue weighted by Crippen LogP contribution is -2.03. The number of fused-ring (bicyclic) bond motifs is 1. The van der Waals surface area contributed by atoms with Gasteiger partial charge >= 0.3 is 5.97 Å². The zero-order chi connectivity index (χ0) is 18.3. The molecule has 0 fully saturated rings. The minimum atomic E-state index is -1.20. The SMILES string of the molecule is O=C1Nc2ccccc2/C1=C\c1ccc(-c2ccc(C(=O)O)c(O)c2)o1. The second kappa shape index (κ2) is 5.93. The van der Waals surface area contributed by atoms with Crippen LogP contribution in [-0.4, -0.2) is 22.1 Å². The summed E-state index contributed by atoms with van der Waals surface area (Å²) in [7, 11) is 0. The third-order valence-electron chi connectivity index (χ3n) is 4.14. The second-order valence-electron chi connectivity index (χ2n) is 5.80. The van der Waals surface area contributed by atoms with E-state index in [0.717, 1.165) is 11.3 Å². The fraction of sp³-hybridized carbons (Fsp3) is 0. The summed E-state index contributed by atoms with van der Waals surface area (Å²) in [5.41, 5.74) is 2.42. The van der Waals surface area contributed by atoms with Crippen molar-refractivity contribution >= 4 is 29.2 Å². The molecule has 6 heteroatoms. The van der Waals surface area contributed by atoms with Crippen LogP contribution in [0, 0.1) is 0 Å². The highest BCUT2D eigenvalue weighted by atomic mass is 16.4. The van der Waals surface area contributed by atoms with E-state index in [1.165, 1.54) is 12.1 Å². The number of rotatable bonds is 3. The quantitative estimate of drug-likeness (QED) is 0.625. The number of nitrogens with one attached hydrogen (secondary N) is 1. The van der Waals surface area contributed by atoms with Gasteiger partial charge in [0.2, 0.25) is 0 Å². The van der Waals surface area contributed by atoms with Crippen molar-refractivity contribution < 1.29 is 24.2 Å². The van der Waals surface area contributed by atoms with Crippen LogP contribution in [0.5, 0.6) is 5.75 Å². The van der Waals surface area contributed by atoms with Gasteiger partial charge in [0, 0.05) is 16.8 Å². The van der Waals surface area contributed by atoms with Crippen LogP contribution in [0.3, 0.4) is 0 Å². The molecule has 1 amide bonds. The predicted molar refractivity (Wildman–Crippen MR) is 95.7 cm³/mol. The van der Waals surface area contributed by atoms with Gasteiger partial charge in [0.05, 0.1) is 5.57 Å². The second-order valence-corrected chi connectivity index (χ2v) is 5.80. The molecule has 4 rings (SSSR count). The molecule has 0 saturated heterocycles. The van der Waals surface area contributed by atoms with Gasteiger partial charge in [0.25, 0.3) is 5.91 Å². The van der Waals surface area contributed by atoms with Gasteiger partial charge in [-0.25, -0.2) is 4.79 Å². The van der Waals surface area contributed by atoms with Crippen LogP contribution in [0.2, 0.25) is 0 Å². The Morgan fingerprint density at radius 3 is 2.65 bits per heavy atom. The number of benzene rings is 2. The number of amides is 1. The van der Waals surface area contributed by atoms with E-state index < -0.39 is 5.97 Å². The van der Waals surface area contributed by atoms with Crippen LogP contribution < -0.4 is 5.32 Å². The average molecular weight is 347 g/mol. The van der Waals surface area contributed by atoms with Crippen LogP contribution in [0.25, 0.3) is 23.0 Å². The van der Waals surface area contributed by atoms with E-state index in [1.807, 2.05) is 24.3 Å². The third kappa shape index (κ3) is 2.63. The number of aromatic carboxylic acids is 1. The number of carbonyl (C=O) groups is 2. The van der Waals surface area contributed by atoms with Crippen LogP contribution >= 0.6 is 0 Å². The molecule has 3 aromatic rings. The molecule has 0 unspecified atom stereocenters. The normalized spacial score (nSPS) is 14.3. The molecule has 6 nitrogen and oxygen atoms in total. The summed E-state index contributed by atoms with van der Waals surface area (Å²) < 4.78 is 5.74. The molecule has 0 aliphatic carbocycles. The zero-order valence-corrected chi connectivity index (χ0v) is 13.4. The van der Waals surface area contributed by atoms with Gasteiger partial charge < -0.3 is 19.9 Å². The van der Waals surface area contributed by atoms with Gasteiger partial charge in [-0.2, -0.15) is 0 Å². The van der Waals surface area contributed by atoms with Gasteiger partial charge in [-0.1, -0.05) is 24.3 Å². The van der Waals surface area contributed by atoms with Crippen LogP contribution in [0.1, 0.15) is 21.7 Å². The number of para-hydroxylation sites is 1. The molecule has 0 radical (unpaired) electrons. The van der Waals surface area contributed by atoms with E-state index in [4.69, 9.17) is 9.52 Å². The number of carboxylic acids is 1. The number of phenols is 1. The number of carboxylic acid groups (broad SMARTS) is 1. The first-order valence-corrected chi connectivity index (χ1v) is 7.82. The fourth-order valence-corrected chi connectivity index (χ4v) is 2.88. The van der Waals surface area contributed by atoms with Crippen molar-refractivity contribution in [3.63, 3.8) is 0 Å². The van der Waals surface area contributed by atoms with E-state index in [-0.39, 0.29) is 17.2 Å². The average Bonchev–Trinajstić information content (AvgIpc) is 3.20. The molecule has 0 spiro atoms. The molecule has 3 N–H and O–H groups in total. The molecule has 0 saturated carbocycles. The van der Waals surface area contributed by atoms with Crippen molar-refractivity contribution in [2.24, 2.45) is 0 Å². The maximum Gasteiger partial charge on any atom is 0.339 e. The van der Waals surface area contributed by atoms with Gasteiger partial charge in [0.1, 0.15) is 22.8 Å². The summed E-state index contributed by atoms with van der Waals surface area (Å²) in [6.45, 7) is 0. The zero-order valence-electron chi connectivity index (χ0n) is 13.4. The number of aromatic hydroxyl groups is 1. The Bertz CT molecular complexity index is 1080. The Hall–Kier alpha value is -3.80. The number of hydrogen-bond acceptors (Lipinski definition) is 4. The van der Waals surface area contributed by atoms with Crippen molar-refractivity contribution in [1.29, 1.82) is 0 Å².